The predicted octanol–water partition coefficient (Wildman–Crippen LogP) is 4.74. The van der Waals surface area contributed by atoms with Gasteiger partial charge in [-0.1, -0.05) is 49.7 Å². The van der Waals surface area contributed by atoms with E-state index in [9.17, 15) is 14.0 Å². The molecule has 0 bridgehead atoms. The van der Waals surface area contributed by atoms with Gasteiger partial charge < -0.3 is 10.2 Å². The molecule has 0 saturated heterocycles. The summed E-state index contributed by atoms with van der Waals surface area (Å²) in [5.74, 6) is -0.695. The third-order valence-electron chi connectivity index (χ3n) is 4.92. The van der Waals surface area contributed by atoms with Crippen molar-refractivity contribution in [2.45, 2.75) is 58.7 Å². The largest absolute Gasteiger partial charge is 0.352 e. The van der Waals surface area contributed by atoms with Crippen LogP contribution in [0, 0.1) is 5.82 Å². The lowest BCUT2D eigenvalue weighted by atomic mass is 10.1. The van der Waals surface area contributed by atoms with Crippen LogP contribution in [0.15, 0.2) is 48.5 Å². The zero-order valence-corrected chi connectivity index (χ0v) is 17.9. The first-order valence-electron chi connectivity index (χ1n) is 9.92. The number of amides is 2. The van der Waals surface area contributed by atoms with E-state index in [2.05, 4.69) is 5.32 Å². The summed E-state index contributed by atoms with van der Waals surface area (Å²) in [6.45, 7) is 6.12. The van der Waals surface area contributed by atoms with Gasteiger partial charge in [-0.2, -0.15) is 0 Å². The zero-order valence-electron chi connectivity index (χ0n) is 17.1. The molecule has 2 atom stereocenters. The molecule has 6 heteroatoms. The Morgan fingerprint density at radius 3 is 2.14 bits per heavy atom. The van der Waals surface area contributed by atoms with E-state index in [-0.39, 0.29) is 30.1 Å². The normalized spacial score (nSPS) is 12.9. The molecule has 2 rings (SSSR count). The van der Waals surface area contributed by atoms with Gasteiger partial charge in [-0.05, 0) is 55.2 Å². The van der Waals surface area contributed by atoms with E-state index in [1.807, 2.05) is 32.9 Å². The SMILES string of the molecule is CC[C@H](C(=O)N[C@@H](C)CC)N(Cc1ccc(Cl)cc1)C(=O)Cc1ccc(F)cc1. The number of hydrogen-bond acceptors (Lipinski definition) is 2. The van der Waals surface area contributed by atoms with Gasteiger partial charge in [-0.25, -0.2) is 4.39 Å². The smallest absolute Gasteiger partial charge is 0.243 e. The Kier molecular flexibility index (Phi) is 8.65. The quantitative estimate of drug-likeness (QED) is 0.639. The molecule has 0 saturated carbocycles. The van der Waals surface area contributed by atoms with Gasteiger partial charge in [-0.3, -0.25) is 9.59 Å². The Morgan fingerprint density at radius 2 is 1.59 bits per heavy atom. The van der Waals surface area contributed by atoms with Crippen molar-refractivity contribution in [3.05, 3.63) is 70.5 Å². The van der Waals surface area contributed by atoms with Crippen molar-refractivity contribution < 1.29 is 14.0 Å². The number of rotatable bonds is 9. The summed E-state index contributed by atoms with van der Waals surface area (Å²) in [7, 11) is 0. The first-order chi connectivity index (χ1) is 13.8. The fraction of sp³-hybridized carbons (Fsp3) is 0.391. The number of hydrogen-bond donors (Lipinski definition) is 1. The fourth-order valence-corrected chi connectivity index (χ4v) is 3.15. The molecule has 0 heterocycles. The molecule has 2 amide bonds. The topological polar surface area (TPSA) is 49.4 Å². The molecule has 1 N–H and O–H groups in total. The second-order valence-corrected chi connectivity index (χ2v) is 7.63. The summed E-state index contributed by atoms with van der Waals surface area (Å²) in [6.07, 6.45) is 1.40. The highest BCUT2D eigenvalue weighted by Crippen LogP contribution is 2.17. The molecular weight excluding hydrogens is 391 g/mol. The maximum Gasteiger partial charge on any atom is 0.243 e. The Morgan fingerprint density at radius 1 is 1.00 bits per heavy atom. The van der Waals surface area contributed by atoms with Crippen LogP contribution in [0.5, 0.6) is 0 Å². The van der Waals surface area contributed by atoms with Gasteiger partial charge in [0.2, 0.25) is 11.8 Å². The van der Waals surface area contributed by atoms with Crippen molar-refractivity contribution in [3.63, 3.8) is 0 Å². The van der Waals surface area contributed by atoms with Crippen molar-refractivity contribution in [1.82, 2.24) is 10.2 Å². The summed E-state index contributed by atoms with van der Waals surface area (Å²) in [5.41, 5.74) is 1.59. The molecule has 156 valence electrons. The van der Waals surface area contributed by atoms with Crippen LogP contribution >= 0.6 is 11.6 Å². The zero-order chi connectivity index (χ0) is 21.4. The maximum atomic E-state index is 13.2. The highest BCUT2D eigenvalue weighted by Gasteiger charge is 2.29. The van der Waals surface area contributed by atoms with Crippen molar-refractivity contribution in [1.29, 1.82) is 0 Å². The minimum atomic E-state index is -0.590. The van der Waals surface area contributed by atoms with Gasteiger partial charge in [0.1, 0.15) is 11.9 Å². The van der Waals surface area contributed by atoms with E-state index >= 15 is 0 Å². The van der Waals surface area contributed by atoms with Gasteiger partial charge in [0, 0.05) is 17.6 Å². The standard InChI is InChI=1S/C23H28ClFN2O2/c1-4-16(3)26-23(29)21(5-2)27(15-18-6-10-19(24)11-7-18)22(28)14-17-8-12-20(25)13-9-17/h6-13,16,21H,4-5,14-15H2,1-3H3,(H,26,29)/t16-,21+/m0/s1. The highest BCUT2D eigenvalue weighted by atomic mass is 35.5. The van der Waals surface area contributed by atoms with E-state index in [1.54, 1.807) is 29.2 Å². The lowest BCUT2D eigenvalue weighted by Gasteiger charge is -2.31. The number of nitrogens with one attached hydrogen (secondary N) is 1. The molecule has 29 heavy (non-hydrogen) atoms. The molecule has 0 aliphatic heterocycles. The van der Waals surface area contributed by atoms with E-state index in [0.717, 1.165) is 12.0 Å². The average molecular weight is 419 g/mol. The van der Waals surface area contributed by atoms with Gasteiger partial charge in [0.15, 0.2) is 0 Å². The Balaban J connectivity index is 2.26. The molecule has 0 unspecified atom stereocenters. The van der Waals surface area contributed by atoms with Crippen molar-refractivity contribution >= 4 is 23.4 Å². The number of carbonyl (C=O) groups is 2. The summed E-state index contributed by atoms with van der Waals surface area (Å²) >= 11 is 5.97. The van der Waals surface area contributed by atoms with Crippen LogP contribution in [-0.4, -0.2) is 28.8 Å². The summed E-state index contributed by atoms with van der Waals surface area (Å²) in [5, 5.41) is 3.59. The monoisotopic (exact) mass is 418 g/mol. The summed E-state index contributed by atoms with van der Waals surface area (Å²) < 4.78 is 13.2. The van der Waals surface area contributed by atoms with Crippen LogP contribution < -0.4 is 5.32 Å². The first kappa shape index (κ1) is 22.9. The molecule has 0 radical (unpaired) electrons. The second-order valence-electron chi connectivity index (χ2n) is 7.19. The summed E-state index contributed by atoms with van der Waals surface area (Å²) in [4.78, 5) is 27.6. The van der Waals surface area contributed by atoms with E-state index < -0.39 is 6.04 Å². The van der Waals surface area contributed by atoms with E-state index in [1.165, 1.54) is 12.1 Å². The maximum absolute atomic E-state index is 13.2. The Bertz CT molecular complexity index is 809. The van der Waals surface area contributed by atoms with Crippen molar-refractivity contribution in [3.8, 4) is 0 Å². The minimum absolute atomic E-state index is 0.0288. The van der Waals surface area contributed by atoms with E-state index in [0.29, 0.717) is 23.6 Å². The van der Waals surface area contributed by atoms with Crippen LogP contribution in [0.25, 0.3) is 0 Å². The molecule has 0 fully saturated rings. The molecular formula is C23H28ClFN2O2. The third kappa shape index (κ3) is 6.86. The Hall–Kier alpha value is -2.40. The van der Waals surface area contributed by atoms with Gasteiger partial charge in [0.05, 0.1) is 6.42 Å². The lowest BCUT2D eigenvalue weighted by Crippen LogP contribution is -2.51. The molecule has 4 nitrogen and oxygen atoms in total. The van der Waals surface area contributed by atoms with Crippen molar-refractivity contribution in [2.75, 3.05) is 0 Å². The van der Waals surface area contributed by atoms with Crippen LogP contribution in [0.4, 0.5) is 4.39 Å². The van der Waals surface area contributed by atoms with Crippen LogP contribution in [0.2, 0.25) is 5.02 Å². The van der Waals surface area contributed by atoms with Crippen LogP contribution in [0.1, 0.15) is 44.7 Å². The molecule has 2 aromatic carbocycles. The fourth-order valence-electron chi connectivity index (χ4n) is 3.03. The van der Waals surface area contributed by atoms with Crippen molar-refractivity contribution in [2.24, 2.45) is 0 Å². The number of benzene rings is 2. The Labute approximate surface area is 177 Å². The number of halogens is 2. The molecule has 2 aromatic rings. The highest BCUT2D eigenvalue weighted by molar-refractivity contribution is 6.30. The number of nitrogens with zero attached hydrogens (tertiary/aromatic N) is 1. The molecule has 0 aromatic heterocycles. The number of carbonyl (C=O) groups excluding carboxylic acids is 2. The van der Waals surface area contributed by atoms with E-state index in [4.69, 9.17) is 11.6 Å². The van der Waals surface area contributed by atoms with Crippen LogP contribution in [0.3, 0.4) is 0 Å². The molecule has 0 spiro atoms. The van der Waals surface area contributed by atoms with Gasteiger partial charge >= 0.3 is 0 Å². The van der Waals surface area contributed by atoms with Crippen LogP contribution in [-0.2, 0) is 22.6 Å². The molecule has 0 aliphatic carbocycles. The second kappa shape index (κ2) is 11.0. The van der Waals surface area contributed by atoms with Gasteiger partial charge in [-0.15, -0.1) is 0 Å². The first-order valence-corrected chi connectivity index (χ1v) is 10.3. The molecule has 0 aliphatic rings. The minimum Gasteiger partial charge on any atom is -0.352 e. The van der Waals surface area contributed by atoms with Gasteiger partial charge in [0.25, 0.3) is 0 Å². The third-order valence-corrected chi connectivity index (χ3v) is 5.17. The lowest BCUT2D eigenvalue weighted by molar-refractivity contribution is -0.141. The predicted molar refractivity (Wildman–Crippen MR) is 114 cm³/mol. The average Bonchev–Trinajstić information content (AvgIpc) is 2.70. The summed E-state index contributed by atoms with van der Waals surface area (Å²) in [6, 6.07) is 12.5.